The van der Waals surface area contributed by atoms with Gasteiger partial charge in [-0.1, -0.05) is 23.7 Å². The molecule has 8 heteroatoms. The normalized spacial score (nSPS) is 15.5. The van der Waals surface area contributed by atoms with Crippen LogP contribution < -0.4 is 4.74 Å². The Morgan fingerprint density at radius 3 is 2.67 bits per heavy atom. The summed E-state index contributed by atoms with van der Waals surface area (Å²) in [4.78, 5) is 15.0. The Kier molecular flexibility index (Phi) is 5.65. The smallest absolute Gasteiger partial charge is 0.273 e. The lowest BCUT2D eigenvalue weighted by molar-refractivity contribution is 0.0723. The van der Waals surface area contributed by atoms with Crippen molar-refractivity contribution in [3.05, 3.63) is 64.3 Å². The SMILES string of the molecule is COCCCN1C(=O)c2[nH]nc(-c3cc(Cl)ccc3O)c2C1c1ccc(OC)cc1. The minimum atomic E-state index is -0.359. The summed E-state index contributed by atoms with van der Waals surface area (Å²) in [6, 6.07) is 12.0. The summed E-state index contributed by atoms with van der Waals surface area (Å²) < 4.78 is 10.4. The van der Waals surface area contributed by atoms with Crippen molar-refractivity contribution in [3.63, 3.8) is 0 Å². The third-order valence-electron chi connectivity index (χ3n) is 5.26. The molecule has 2 N–H and O–H groups in total. The van der Waals surface area contributed by atoms with Crippen molar-refractivity contribution < 1.29 is 19.4 Å². The first-order valence-corrected chi connectivity index (χ1v) is 9.94. The van der Waals surface area contributed by atoms with E-state index in [4.69, 9.17) is 21.1 Å². The number of phenols is 1. The van der Waals surface area contributed by atoms with Crippen LogP contribution in [-0.2, 0) is 4.74 Å². The molecule has 0 bridgehead atoms. The van der Waals surface area contributed by atoms with Crippen LogP contribution in [0.5, 0.6) is 11.5 Å². The Hall–Kier alpha value is -3.03. The summed E-state index contributed by atoms with van der Waals surface area (Å²) >= 11 is 6.16. The summed E-state index contributed by atoms with van der Waals surface area (Å²) in [5, 5.41) is 18.1. The molecule has 4 rings (SSSR count). The lowest BCUT2D eigenvalue weighted by Crippen LogP contribution is -2.31. The maximum Gasteiger partial charge on any atom is 0.273 e. The fourth-order valence-electron chi connectivity index (χ4n) is 3.84. The summed E-state index contributed by atoms with van der Waals surface area (Å²) in [5.41, 5.74) is 3.05. The number of fused-ring (bicyclic) bond motifs is 1. The molecule has 1 aliphatic heterocycles. The molecule has 7 nitrogen and oxygen atoms in total. The number of amides is 1. The van der Waals surface area contributed by atoms with Gasteiger partial charge in [0, 0.05) is 36.4 Å². The average molecular weight is 428 g/mol. The van der Waals surface area contributed by atoms with Crippen LogP contribution in [0.3, 0.4) is 0 Å². The number of aromatic amines is 1. The number of rotatable bonds is 7. The highest BCUT2D eigenvalue weighted by atomic mass is 35.5. The molecule has 1 aliphatic rings. The molecule has 0 saturated carbocycles. The van der Waals surface area contributed by atoms with Crippen LogP contribution in [0.25, 0.3) is 11.3 Å². The van der Waals surface area contributed by atoms with Gasteiger partial charge in [0.1, 0.15) is 22.9 Å². The maximum atomic E-state index is 13.2. The molecule has 0 saturated heterocycles. The molecule has 0 spiro atoms. The Balaban J connectivity index is 1.84. The predicted molar refractivity (Wildman–Crippen MR) is 113 cm³/mol. The molecular formula is C22H22ClN3O4. The van der Waals surface area contributed by atoms with Gasteiger partial charge in [-0.3, -0.25) is 9.89 Å². The van der Waals surface area contributed by atoms with Crippen LogP contribution in [0, 0.1) is 0 Å². The zero-order valence-corrected chi connectivity index (χ0v) is 17.4. The van der Waals surface area contributed by atoms with Gasteiger partial charge in [0.25, 0.3) is 5.91 Å². The molecule has 0 aliphatic carbocycles. The second-order valence-electron chi connectivity index (χ2n) is 7.04. The van der Waals surface area contributed by atoms with Crippen LogP contribution >= 0.6 is 11.6 Å². The van der Waals surface area contributed by atoms with Crippen molar-refractivity contribution in [3.8, 4) is 22.8 Å². The first kappa shape index (κ1) is 20.3. The molecule has 156 valence electrons. The second kappa shape index (κ2) is 8.38. The number of nitrogens with zero attached hydrogens (tertiary/aromatic N) is 2. The monoisotopic (exact) mass is 427 g/mol. The second-order valence-corrected chi connectivity index (χ2v) is 7.48. The number of hydrogen-bond donors (Lipinski definition) is 2. The zero-order valence-electron chi connectivity index (χ0n) is 16.7. The van der Waals surface area contributed by atoms with Crippen LogP contribution in [0.1, 0.15) is 34.1 Å². The summed E-state index contributed by atoms with van der Waals surface area (Å²) in [6.07, 6.45) is 0.699. The van der Waals surface area contributed by atoms with Gasteiger partial charge in [-0.05, 0) is 42.3 Å². The van der Waals surface area contributed by atoms with Gasteiger partial charge in [-0.25, -0.2) is 0 Å². The van der Waals surface area contributed by atoms with E-state index in [9.17, 15) is 9.90 Å². The molecule has 1 amide bonds. The van der Waals surface area contributed by atoms with Gasteiger partial charge in [-0.2, -0.15) is 5.10 Å². The van der Waals surface area contributed by atoms with Gasteiger partial charge in [-0.15, -0.1) is 0 Å². The van der Waals surface area contributed by atoms with Gasteiger partial charge in [0.2, 0.25) is 0 Å². The highest BCUT2D eigenvalue weighted by Crippen LogP contribution is 2.45. The Bertz CT molecular complexity index is 1060. The van der Waals surface area contributed by atoms with E-state index in [0.717, 1.165) is 16.9 Å². The quantitative estimate of drug-likeness (QED) is 0.556. The number of halogens is 1. The number of carbonyl (C=O) groups excluding carboxylic acids is 1. The highest BCUT2D eigenvalue weighted by molar-refractivity contribution is 6.31. The number of nitrogens with one attached hydrogen (secondary N) is 1. The molecule has 30 heavy (non-hydrogen) atoms. The molecular weight excluding hydrogens is 406 g/mol. The topological polar surface area (TPSA) is 87.7 Å². The zero-order chi connectivity index (χ0) is 21.3. The first-order chi connectivity index (χ1) is 14.5. The van der Waals surface area contributed by atoms with E-state index < -0.39 is 0 Å². The number of methoxy groups -OCH3 is 2. The maximum absolute atomic E-state index is 13.2. The van der Waals surface area contributed by atoms with E-state index in [1.54, 1.807) is 31.3 Å². The summed E-state index contributed by atoms with van der Waals surface area (Å²) in [7, 11) is 3.25. The minimum absolute atomic E-state index is 0.0486. The number of aromatic hydroxyl groups is 1. The number of hydrogen-bond acceptors (Lipinski definition) is 5. The first-order valence-electron chi connectivity index (χ1n) is 9.56. The highest BCUT2D eigenvalue weighted by Gasteiger charge is 2.42. The number of phenolic OH excluding ortho intramolecular Hbond substituents is 1. The third-order valence-corrected chi connectivity index (χ3v) is 5.49. The third kappa shape index (κ3) is 3.51. The number of carbonyl (C=O) groups is 1. The van der Waals surface area contributed by atoms with E-state index >= 15 is 0 Å². The molecule has 2 heterocycles. The fourth-order valence-corrected chi connectivity index (χ4v) is 4.01. The van der Waals surface area contributed by atoms with Crippen LogP contribution in [0.4, 0.5) is 0 Å². The summed E-state index contributed by atoms with van der Waals surface area (Å²) in [6.45, 7) is 1.07. The molecule has 1 atom stereocenters. The van der Waals surface area contributed by atoms with Crippen LogP contribution in [0.2, 0.25) is 5.02 Å². The summed E-state index contributed by atoms with van der Waals surface area (Å²) in [5.74, 6) is 0.642. The standard InChI is InChI=1S/C22H22ClN3O4/c1-29-11-3-10-26-21(13-4-7-15(30-2)8-5-13)18-19(24-25-20(18)22(26)28)16-12-14(23)6-9-17(16)27/h4-9,12,21,27H,3,10-11H2,1-2H3,(H,24,25). The van der Waals surface area contributed by atoms with Crippen molar-refractivity contribution in [1.82, 2.24) is 15.1 Å². The minimum Gasteiger partial charge on any atom is -0.507 e. The molecule has 1 aromatic heterocycles. The fraction of sp³-hybridized carbons (Fsp3) is 0.273. The number of H-pyrrole nitrogens is 1. The van der Waals surface area contributed by atoms with Gasteiger partial charge in [0.05, 0.1) is 13.2 Å². The van der Waals surface area contributed by atoms with Crippen molar-refractivity contribution in [1.29, 1.82) is 0 Å². The van der Waals surface area contributed by atoms with Gasteiger partial charge >= 0.3 is 0 Å². The number of ether oxygens (including phenoxy) is 2. The van der Waals surface area contributed by atoms with E-state index in [2.05, 4.69) is 10.2 Å². The Morgan fingerprint density at radius 1 is 1.20 bits per heavy atom. The van der Waals surface area contributed by atoms with Gasteiger partial charge in [0.15, 0.2) is 0 Å². The molecule has 0 fully saturated rings. The number of benzene rings is 2. The van der Waals surface area contributed by atoms with E-state index in [-0.39, 0.29) is 17.7 Å². The van der Waals surface area contributed by atoms with Crippen molar-refractivity contribution in [2.75, 3.05) is 27.4 Å². The Morgan fingerprint density at radius 2 is 1.97 bits per heavy atom. The largest absolute Gasteiger partial charge is 0.507 e. The van der Waals surface area contributed by atoms with Crippen molar-refractivity contribution >= 4 is 17.5 Å². The Labute approximate surface area is 179 Å². The molecule has 0 radical (unpaired) electrons. The lowest BCUT2D eigenvalue weighted by Gasteiger charge is -2.26. The van der Waals surface area contributed by atoms with E-state index in [1.165, 1.54) is 6.07 Å². The average Bonchev–Trinajstić information content (AvgIpc) is 3.29. The van der Waals surface area contributed by atoms with E-state index in [0.29, 0.717) is 41.5 Å². The molecule has 3 aromatic rings. The molecule has 1 unspecified atom stereocenters. The van der Waals surface area contributed by atoms with Crippen LogP contribution in [0.15, 0.2) is 42.5 Å². The predicted octanol–water partition coefficient (Wildman–Crippen LogP) is 4.03. The van der Waals surface area contributed by atoms with Crippen LogP contribution in [-0.4, -0.2) is 53.5 Å². The van der Waals surface area contributed by atoms with Gasteiger partial charge < -0.3 is 19.5 Å². The number of aromatic nitrogens is 2. The van der Waals surface area contributed by atoms with Crippen molar-refractivity contribution in [2.24, 2.45) is 0 Å². The van der Waals surface area contributed by atoms with Crippen molar-refractivity contribution in [2.45, 2.75) is 12.5 Å². The van der Waals surface area contributed by atoms with E-state index in [1.807, 2.05) is 24.3 Å². The molecule has 2 aromatic carbocycles. The lowest BCUT2D eigenvalue weighted by atomic mass is 9.95.